The molecular weight excluding hydrogens is 304 g/mol. The SMILES string of the molecule is CNc1nc2sccn2c1S(=O)(=O)NC1CCSC1. The third-order valence-corrected chi connectivity index (χ3v) is 6.42. The molecule has 3 rings (SSSR count). The topological polar surface area (TPSA) is 75.5 Å². The Morgan fingerprint density at radius 2 is 2.37 bits per heavy atom. The van der Waals surface area contributed by atoms with Gasteiger partial charge >= 0.3 is 0 Å². The molecule has 0 aromatic carbocycles. The number of hydrogen-bond donors (Lipinski definition) is 2. The largest absolute Gasteiger partial charge is 0.371 e. The quantitative estimate of drug-likeness (QED) is 0.886. The van der Waals surface area contributed by atoms with E-state index >= 15 is 0 Å². The van der Waals surface area contributed by atoms with Gasteiger partial charge in [-0.15, -0.1) is 11.3 Å². The van der Waals surface area contributed by atoms with E-state index in [1.807, 2.05) is 5.38 Å². The lowest BCUT2D eigenvalue weighted by atomic mass is 10.3. The molecule has 1 fully saturated rings. The Kier molecular flexibility index (Phi) is 3.46. The summed E-state index contributed by atoms with van der Waals surface area (Å²) in [6, 6.07) is 0.0175. The Morgan fingerprint density at radius 1 is 1.53 bits per heavy atom. The second-order valence-corrected chi connectivity index (χ2v) is 7.91. The van der Waals surface area contributed by atoms with Crippen molar-refractivity contribution in [1.29, 1.82) is 0 Å². The van der Waals surface area contributed by atoms with Crippen LogP contribution >= 0.6 is 23.1 Å². The Bertz CT molecular complexity index is 685. The molecule has 19 heavy (non-hydrogen) atoms. The van der Waals surface area contributed by atoms with Crippen LogP contribution in [-0.4, -0.2) is 42.4 Å². The molecule has 0 aliphatic carbocycles. The smallest absolute Gasteiger partial charge is 0.260 e. The molecule has 0 saturated carbocycles. The van der Waals surface area contributed by atoms with Gasteiger partial charge in [0.15, 0.2) is 15.8 Å². The zero-order valence-electron chi connectivity index (χ0n) is 10.3. The minimum Gasteiger partial charge on any atom is -0.371 e. The van der Waals surface area contributed by atoms with Crippen LogP contribution < -0.4 is 10.0 Å². The summed E-state index contributed by atoms with van der Waals surface area (Å²) in [7, 11) is -1.88. The molecule has 0 bridgehead atoms. The van der Waals surface area contributed by atoms with Gasteiger partial charge in [-0.25, -0.2) is 18.1 Å². The standard InChI is InChI=1S/C10H14N4O2S3/c1-11-8-9(14-3-5-18-10(14)12-8)19(15,16)13-7-2-4-17-6-7/h3,5,7,11,13H,2,4,6H2,1H3. The molecule has 9 heteroatoms. The van der Waals surface area contributed by atoms with Crippen LogP contribution in [0.3, 0.4) is 0 Å². The summed E-state index contributed by atoms with van der Waals surface area (Å²) < 4.78 is 29.4. The van der Waals surface area contributed by atoms with Gasteiger partial charge in [0.25, 0.3) is 10.0 Å². The first-order chi connectivity index (χ1) is 9.12. The summed E-state index contributed by atoms with van der Waals surface area (Å²) >= 11 is 3.18. The van der Waals surface area contributed by atoms with Gasteiger partial charge < -0.3 is 5.32 Å². The van der Waals surface area contributed by atoms with E-state index in [1.54, 1.807) is 29.4 Å². The van der Waals surface area contributed by atoms with E-state index < -0.39 is 10.0 Å². The number of thiazole rings is 1. The molecule has 2 N–H and O–H groups in total. The number of thioether (sulfide) groups is 1. The van der Waals surface area contributed by atoms with Crippen LogP contribution in [-0.2, 0) is 10.0 Å². The normalized spacial score (nSPS) is 20.2. The molecule has 104 valence electrons. The molecule has 2 aromatic heterocycles. The molecule has 3 heterocycles. The van der Waals surface area contributed by atoms with E-state index in [0.29, 0.717) is 10.8 Å². The minimum atomic E-state index is -3.56. The predicted octanol–water partition coefficient (Wildman–Crippen LogP) is 1.22. The molecule has 0 spiro atoms. The first-order valence-corrected chi connectivity index (χ1v) is 9.37. The molecule has 2 aromatic rings. The van der Waals surface area contributed by atoms with Gasteiger partial charge in [-0.2, -0.15) is 11.8 Å². The first-order valence-electron chi connectivity index (χ1n) is 5.85. The second-order valence-electron chi connectivity index (χ2n) is 4.25. The summed E-state index contributed by atoms with van der Waals surface area (Å²) in [5.74, 6) is 2.23. The third kappa shape index (κ3) is 2.35. The van der Waals surface area contributed by atoms with Crippen molar-refractivity contribution in [3.63, 3.8) is 0 Å². The van der Waals surface area contributed by atoms with Gasteiger partial charge in [0, 0.05) is 30.4 Å². The molecule has 0 amide bonds. The van der Waals surface area contributed by atoms with Crippen molar-refractivity contribution in [1.82, 2.24) is 14.1 Å². The van der Waals surface area contributed by atoms with Crippen LogP contribution in [0.15, 0.2) is 16.6 Å². The number of hydrogen-bond acceptors (Lipinski definition) is 6. The highest BCUT2D eigenvalue weighted by molar-refractivity contribution is 7.99. The monoisotopic (exact) mass is 318 g/mol. The number of nitrogens with zero attached hydrogens (tertiary/aromatic N) is 2. The van der Waals surface area contributed by atoms with Gasteiger partial charge in [0.05, 0.1) is 0 Å². The summed E-state index contributed by atoms with van der Waals surface area (Å²) in [6.07, 6.45) is 2.61. The average Bonchev–Trinajstić information content (AvgIpc) is 3.01. The lowest BCUT2D eigenvalue weighted by Gasteiger charge is -2.12. The Balaban J connectivity index is 2.03. The van der Waals surface area contributed by atoms with Crippen LogP contribution in [0.5, 0.6) is 0 Å². The van der Waals surface area contributed by atoms with Crippen LogP contribution in [0.2, 0.25) is 0 Å². The lowest BCUT2D eigenvalue weighted by Crippen LogP contribution is -2.35. The average molecular weight is 318 g/mol. The maximum Gasteiger partial charge on any atom is 0.260 e. The van der Waals surface area contributed by atoms with Gasteiger partial charge in [-0.05, 0) is 12.2 Å². The molecular formula is C10H14N4O2S3. The van der Waals surface area contributed by atoms with E-state index in [0.717, 1.165) is 17.9 Å². The molecule has 1 unspecified atom stereocenters. The summed E-state index contributed by atoms with van der Waals surface area (Å²) in [6.45, 7) is 0. The van der Waals surface area contributed by atoms with Crippen molar-refractivity contribution >= 4 is 43.9 Å². The summed E-state index contributed by atoms with van der Waals surface area (Å²) in [5, 5.41) is 4.88. The van der Waals surface area contributed by atoms with Crippen molar-refractivity contribution in [2.45, 2.75) is 17.5 Å². The molecule has 1 aliphatic heterocycles. The van der Waals surface area contributed by atoms with Gasteiger partial charge in [0.2, 0.25) is 0 Å². The summed E-state index contributed by atoms with van der Waals surface area (Å²) in [5.41, 5.74) is 0. The molecule has 1 atom stereocenters. The van der Waals surface area contributed by atoms with Crippen LogP contribution in [0, 0.1) is 0 Å². The number of fused-ring (bicyclic) bond motifs is 1. The Labute approximate surface area is 119 Å². The third-order valence-electron chi connectivity index (χ3n) is 2.96. The van der Waals surface area contributed by atoms with E-state index in [2.05, 4.69) is 15.0 Å². The van der Waals surface area contributed by atoms with Crippen LogP contribution in [0.1, 0.15) is 6.42 Å². The molecule has 1 aliphatic rings. The Morgan fingerprint density at radius 3 is 3.05 bits per heavy atom. The second kappa shape index (κ2) is 4.97. The van der Waals surface area contributed by atoms with Gasteiger partial charge in [0.1, 0.15) is 0 Å². The number of nitrogens with one attached hydrogen (secondary N) is 2. The Hall–Kier alpha value is -0.770. The van der Waals surface area contributed by atoms with E-state index in [9.17, 15) is 8.42 Å². The number of aromatic nitrogens is 2. The molecule has 6 nitrogen and oxygen atoms in total. The first kappa shape index (κ1) is 13.2. The fourth-order valence-corrected chi connectivity index (χ4v) is 5.68. The van der Waals surface area contributed by atoms with E-state index in [-0.39, 0.29) is 11.1 Å². The zero-order chi connectivity index (χ0) is 13.5. The maximum absolute atomic E-state index is 12.5. The zero-order valence-corrected chi connectivity index (χ0v) is 12.7. The number of rotatable bonds is 4. The lowest BCUT2D eigenvalue weighted by molar-refractivity contribution is 0.559. The highest BCUT2D eigenvalue weighted by atomic mass is 32.2. The fourth-order valence-electron chi connectivity index (χ4n) is 2.09. The molecule has 0 radical (unpaired) electrons. The number of imidazole rings is 1. The number of anilines is 1. The van der Waals surface area contributed by atoms with Crippen molar-refractivity contribution in [2.24, 2.45) is 0 Å². The highest BCUT2D eigenvalue weighted by Crippen LogP contribution is 2.26. The fraction of sp³-hybridized carbons (Fsp3) is 0.500. The maximum atomic E-state index is 12.5. The highest BCUT2D eigenvalue weighted by Gasteiger charge is 2.29. The van der Waals surface area contributed by atoms with Gasteiger partial charge in [-0.3, -0.25) is 4.40 Å². The minimum absolute atomic E-state index is 0.0175. The van der Waals surface area contributed by atoms with E-state index in [4.69, 9.17) is 0 Å². The summed E-state index contributed by atoms with van der Waals surface area (Å²) in [4.78, 5) is 4.95. The van der Waals surface area contributed by atoms with Crippen LogP contribution in [0.4, 0.5) is 5.82 Å². The van der Waals surface area contributed by atoms with Crippen molar-refractivity contribution < 1.29 is 8.42 Å². The van der Waals surface area contributed by atoms with Crippen molar-refractivity contribution in [2.75, 3.05) is 23.9 Å². The van der Waals surface area contributed by atoms with Crippen LogP contribution in [0.25, 0.3) is 4.96 Å². The van der Waals surface area contributed by atoms with Gasteiger partial charge in [-0.1, -0.05) is 0 Å². The van der Waals surface area contributed by atoms with Crippen molar-refractivity contribution in [3.8, 4) is 0 Å². The van der Waals surface area contributed by atoms with Crippen molar-refractivity contribution in [3.05, 3.63) is 11.6 Å². The van der Waals surface area contributed by atoms with E-state index in [1.165, 1.54) is 11.3 Å². The number of sulfonamides is 1. The predicted molar refractivity (Wildman–Crippen MR) is 78.7 cm³/mol. The molecule has 1 saturated heterocycles.